The smallest absolute Gasteiger partial charge is 0.261 e. The molecule has 1 rings (SSSR count). The number of carbonyl (C=O) groups excluding carboxylic acids is 1. The number of hydrogen-bond acceptors (Lipinski definition) is 3. The van der Waals surface area contributed by atoms with Crippen molar-refractivity contribution in [3.8, 4) is 5.75 Å². The Labute approximate surface area is 112 Å². The third-order valence-corrected chi connectivity index (χ3v) is 2.82. The number of aliphatic hydroxyl groups excluding tert-OH is 1. The number of aliphatic hydroxyl groups is 1. The minimum Gasteiger partial charge on any atom is -0.481 e. The normalized spacial score (nSPS) is 14.0. The van der Waals surface area contributed by atoms with Gasteiger partial charge in [-0.05, 0) is 37.1 Å². The van der Waals surface area contributed by atoms with Gasteiger partial charge in [-0.1, -0.05) is 13.8 Å². The van der Waals surface area contributed by atoms with Crippen LogP contribution in [0.1, 0.15) is 20.8 Å². The van der Waals surface area contributed by atoms with Crippen LogP contribution in [0.4, 0.5) is 4.39 Å². The molecule has 0 heterocycles. The maximum atomic E-state index is 12.7. The van der Waals surface area contributed by atoms with Crippen molar-refractivity contribution in [1.29, 1.82) is 0 Å². The maximum absolute atomic E-state index is 12.7. The molecular weight excluding hydrogens is 249 g/mol. The summed E-state index contributed by atoms with van der Waals surface area (Å²) in [6, 6.07) is 5.16. The Morgan fingerprint density at radius 2 is 1.89 bits per heavy atom. The van der Waals surface area contributed by atoms with E-state index in [0.29, 0.717) is 5.75 Å². The molecule has 106 valence electrons. The van der Waals surface area contributed by atoms with E-state index in [1.807, 2.05) is 13.8 Å². The average molecular weight is 269 g/mol. The van der Waals surface area contributed by atoms with Gasteiger partial charge >= 0.3 is 0 Å². The number of nitrogens with one attached hydrogen (secondary N) is 1. The predicted molar refractivity (Wildman–Crippen MR) is 70.3 cm³/mol. The molecule has 0 bridgehead atoms. The van der Waals surface area contributed by atoms with E-state index in [2.05, 4.69) is 5.32 Å². The van der Waals surface area contributed by atoms with Gasteiger partial charge in [-0.2, -0.15) is 0 Å². The van der Waals surface area contributed by atoms with Crippen LogP contribution in [0, 0.1) is 11.7 Å². The zero-order chi connectivity index (χ0) is 14.4. The largest absolute Gasteiger partial charge is 0.481 e. The second kappa shape index (κ2) is 7.09. The van der Waals surface area contributed by atoms with Gasteiger partial charge in [0, 0.05) is 0 Å². The molecule has 5 heteroatoms. The number of benzene rings is 1. The summed E-state index contributed by atoms with van der Waals surface area (Å²) in [5, 5.41) is 11.9. The van der Waals surface area contributed by atoms with Gasteiger partial charge < -0.3 is 15.2 Å². The summed E-state index contributed by atoms with van der Waals surface area (Å²) in [6.45, 7) is 5.31. The number of rotatable bonds is 6. The number of halogens is 1. The van der Waals surface area contributed by atoms with Crippen molar-refractivity contribution >= 4 is 5.91 Å². The lowest BCUT2D eigenvalue weighted by molar-refractivity contribution is -0.128. The minimum absolute atomic E-state index is 0.118. The Kier molecular flexibility index (Phi) is 5.76. The molecule has 2 N–H and O–H groups in total. The topological polar surface area (TPSA) is 58.6 Å². The highest BCUT2D eigenvalue weighted by Crippen LogP contribution is 2.13. The number of hydrogen-bond donors (Lipinski definition) is 2. The zero-order valence-electron chi connectivity index (χ0n) is 11.4. The summed E-state index contributed by atoms with van der Waals surface area (Å²) in [5.41, 5.74) is 0. The molecule has 0 radical (unpaired) electrons. The Morgan fingerprint density at radius 1 is 1.32 bits per heavy atom. The van der Waals surface area contributed by atoms with Crippen LogP contribution in [0.5, 0.6) is 5.75 Å². The van der Waals surface area contributed by atoms with E-state index in [4.69, 9.17) is 9.84 Å². The molecule has 0 aliphatic heterocycles. The first-order valence-electron chi connectivity index (χ1n) is 6.27. The SMILES string of the molecule is CC(Oc1ccc(F)cc1)C(=O)N[C@H](CO)C(C)C. The van der Waals surface area contributed by atoms with Gasteiger partial charge in [-0.15, -0.1) is 0 Å². The average Bonchev–Trinajstić information content (AvgIpc) is 2.37. The fraction of sp³-hybridized carbons (Fsp3) is 0.500. The Morgan fingerprint density at radius 3 is 2.37 bits per heavy atom. The summed E-state index contributed by atoms with van der Waals surface area (Å²) >= 11 is 0. The van der Waals surface area contributed by atoms with E-state index >= 15 is 0 Å². The van der Waals surface area contributed by atoms with Crippen LogP contribution in [0.2, 0.25) is 0 Å². The molecule has 0 aromatic heterocycles. The van der Waals surface area contributed by atoms with Crippen LogP contribution < -0.4 is 10.1 Å². The van der Waals surface area contributed by atoms with Crippen molar-refractivity contribution < 1.29 is 19.0 Å². The van der Waals surface area contributed by atoms with E-state index in [-0.39, 0.29) is 30.3 Å². The Balaban J connectivity index is 2.55. The van der Waals surface area contributed by atoms with Crippen molar-refractivity contribution in [2.45, 2.75) is 32.9 Å². The molecule has 1 unspecified atom stereocenters. The molecule has 0 saturated heterocycles. The zero-order valence-corrected chi connectivity index (χ0v) is 11.4. The van der Waals surface area contributed by atoms with Gasteiger partial charge in [-0.3, -0.25) is 4.79 Å². The van der Waals surface area contributed by atoms with Gasteiger partial charge in [0.2, 0.25) is 0 Å². The molecule has 0 fully saturated rings. The summed E-state index contributed by atoms with van der Waals surface area (Å²) in [5.74, 6) is -0.109. The number of ether oxygens (including phenoxy) is 1. The third-order valence-electron chi connectivity index (χ3n) is 2.82. The first-order chi connectivity index (χ1) is 8.93. The van der Waals surface area contributed by atoms with Gasteiger partial charge in [0.15, 0.2) is 6.10 Å². The van der Waals surface area contributed by atoms with Crippen molar-refractivity contribution in [1.82, 2.24) is 5.32 Å². The van der Waals surface area contributed by atoms with Gasteiger partial charge in [0.25, 0.3) is 5.91 Å². The summed E-state index contributed by atoms with van der Waals surface area (Å²) in [7, 11) is 0. The molecule has 1 amide bonds. The quantitative estimate of drug-likeness (QED) is 0.827. The summed E-state index contributed by atoms with van der Waals surface area (Å²) in [6.07, 6.45) is -0.710. The second-order valence-electron chi connectivity index (χ2n) is 4.76. The van der Waals surface area contributed by atoms with Crippen LogP contribution >= 0.6 is 0 Å². The van der Waals surface area contributed by atoms with E-state index in [1.54, 1.807) is 6.92 Å². The van der Waals surface area contributed by atoms with Gasteiger partial charge in [0.1, 0.15) is 11.6 Å². The maximum Gasteiger partial charge on any atom is 0.261 e. The number of carbonyl (C=O) groups is 1. The van der Waals surface area contributed by atoms with Crippen molar-refractivity contribution in [3.05, 3.63) is 30.1 Å². The van der Waals surface area contributed by atoms with Crippen molar-refractivity contribution in [2.24, 2.45) is 5.92 Å². The lowest BCUT2D eigenvalue weighted by Crippen LogP contribution is -2.46. The lowest BCUT2D eigenvalue weighted by Gasteiger charge is -2.22. The monoisotopic (exact) mass is 269 g/mol. The predicted octanol–water partition coefficient (Wildman–Crippen LogP) is 1.73. The fourth-order valence-electron chi connectivity index (χ4n) is 1.49. The Hall–Kier alpha value is -1.62. The number of amides is 1. The summed E-state index contributed by atoms with van der Waals surface area (Å²) in [4.78, 5) is 11.9. The molecule has 2 atom stereocenters. The van der Waals surface area contributed by atoms with E-state index in [0.717, 1.165) is 0 Å². The molecule has 4 nitrogen and oxygen atoms in total. The van der Waals surface area contributed by atoms with Crippen LogP contribution in [0.3, 0.4) is 0 Å². The summed E-state index contributed by atoms with van der Waals surface area (Å²) < 4.78 is 18.1. The highest BCUT2D eigenvalue weighted by atomic mass is 19.1. The highest BCUT2D eigenvalue weighted by molar-refractivity contribution is 5.81. The molecule has 0 aliphatic rings. The molecular formula is C14H20FNO3. The first kappa shape index (κ1) is 15.4. The van der Waals surface area contributed by atoms with Crippen LogP contribution in [-0.4, -0.2) is 29.8 Å². The Bertz CT molecular complexity index is 406. The minimum atomic E-state index is -0.710. The lowest BCUT2D eigenvalue weighted by atomic mass is 10.1. The van der Waals surface area contributed by atoms with E-state index < -0.39 is 6.10 Å². The van der Waals surface area contributed by atoms with Crippen LogP contribution in [-0.2, 0) is 4.79 Å². The van der Waals surface area contributed by atoms with Crippen molar-refractivity contribution in [2.75, 3.05) is 6.61 Å². The van der Waals surface area contributed by atoms with Gasteiger partial charge in [-0.25, -0.2) is 4.39 Å². The fourth-order valence-corrected chi connectivity index (χ4v) is 1.49. The van der Waals surface area contributed by atoms with Gasteiger partial charge in [0.05, 0.1) is 12.6 Å². The van der Waals surface area contributed by atoms with Crippen molar-refractivity contribution in [3.63, 3.8) is 0 Å². The first-order valence-corrected chi connectivity index (χ1v) is 6.27. The van der Waals surface area contributed by atoms with Crippen LogP contribution in [0.15, 0.2) is 24.3 Å². The third kappa shape index (κ3) is 4.87. The molecule has 1 aromatic rings. The van der Waals surface area contributed by atoms with Crippen LogP contribution in [0.25, 0.3) is 0 Å². The van der Waals surface area contributed by atoms with E-state index in [9.17, 15) is 9.18 Å². The highest BCUT2D eigenvalue weighted by Gasteiger charge is 2.20. The molecule has 0 saturated carbocycles. The molecule has 0 spiro atoms. The molecule has 0 aliphatic carbocycles. The molecule has 1 aromatic carbocycles. The van der Waals surface area contributed by atoms with E-state index in [1.165, 1.54) is 24.3 Å². The molecule has 19 heavy (non-hydrogen) atoms. The second-order valence-corrected chi connectivity index (χ2v) is 4.76. The standard InChI is InChI=1S/C14H20FNO3/c1-9(2)13(8-17)16-14(18)10(3)19-12-6-4-11(15)5-7-12/h4-7,9-10,13,17H,8H2,1-3H3,(H,16,18)/t10?,13-/m1/s1.